The van der Waals surface area contributed by atoms with Crippen molar-refractivity contribution in [2.24, 2.45) is 5.92 Å². The highest BCUT2D eigenvalue weighted by Crippen LogP contribution is 2.31. The normalized spacial score (nSPS) is 12.5. The van der Waals surface area contributed by atoms with E-state index in [9.17, 15) is 13.6 Å². The van der Waals surface area contributed by atoms with Crippen LogP contribution in [0.2, 0.25) is 0 Å². The topological polar surface area (TPSA) is 29.1 Å². The molecular formula is C11H12ClF2NOS. The number of amides is 1. The van der Waals surface area contributed by atoms with Gasteiger partial charge in [-0.1, -0.05) is 30.8 Å². The van der Waals surface area contributed by atoms with E-state index in [1.54, 1.807) is 25.1 Å². The van der Waals surface area contributed by atoms with Crippen LogP contribution in [-0.4, -0.2) is 17.5 Å². The smallest absolute Gasteiger partial charge is 0.288 e. The average Bonchev–Trinajstić information content (AvgIpc) is 2.29. The van der Waals surface area contributed by atoms with Gasteiger partial charge in [0.05, 0.1) is 5.69 Å². The molecule has 17 heavy (non-hydrogen) atoms. The van der Waals surface area contributed by atoms with E-state index >= 15 is 0 Å². The van der Waals surface area contributed by atoms with Crippen LogP contribution in [0.25, 0.3) is 0 Å². The molecule has 1 rings (SSSR count). The molecule has 0 aliphatic rings. The van der Waals surface area contributed by atoms with Gasteiger partial charge in [0.2, 0.25) is 5.91 Å². The van der Waals surface area contributed by atoms with Gasteiger partial charge in [-0.2, -0.15) is 8.78 Å². The second-order valence-corrected chi connectivity index (χ2v) is 4.76. The third-order valence-corrected chi connectivity index (χ3v) is 3.29. The van der Waals surface area contributed by atoms with Crippen LogP contribution in [0.15, 0.2) is 29.2 Å². The summed E-state index contributed by atoms with van der Waals surface area (Å²) < 4.78 is 24.6. The summed E-state index contributed by atoms with van der Waals surface area (Å²) in [6.07, 6.45) is 0. The fourth-order valence-electron chi connectivity index (χ4n) is 1.09. The number of anilines is 1. The molecule has 0 radical (unpaired) electrons. The van der Waals surface area contributed by atoms with Crippen molar-refractivity contribution in [3.63, 3.8) is 0 Å². The average molecular weight is 280 g/mol. The quantitative estimate of drug-likeness (QED) is 0.656. The van der Waals surface area contributed by atoms with Gasteiger partial charge in [0, 0.05) is 16.7 Å². The van der Waals surface area contributed by atoms with Gasteiger partial charge in [-0.05, 0) is 12.1 Å². The second-order valence-electron chi connectivity index (χ2n) is 3.42. The molecule has 0 aliphatic carbocycles. The van der Waals surface area contributed by atoms with Crippen LogP contribution >= 0.6 is 23.4 Å². The van der Waals surface area contributed by atoms with E-state index < -0.39 is 5.76 Å². The highest BCUT2D eigenvalue weighted by molar-refractivity contribution is 7.99. The first kappa shape index (κ1) is 14.3. The van der Waals surface area contributed by atoms with Crippen LogP contribution in [0.4, 0.5) is 14.5 Å². The zero-order chi connectivity index (χ0) is 12.8. The van der Waals surface area contributed by atoms with E-state index in [4.69, 9.17) is 11.6 Å². The lowest BCUT2D eigenvalue weighted by atomic mass is 10.2. The molecule has 0 bridgehead atoms. The van der Waals surface area contributed by atoms with Crippen molar-refractivity contribution in [1.29, 1.82) is 0 Å². The molecule has 0 saturated carbocycles. The zero-order valence-corrected chi connectivity index (χ0v) is 10.7. The van der Waals surface area contributed by atoms with Gasteiger partial charge in [0.15, 0.2) is 0 Å². The predicted molar refractivity (Wildman–Crippen MR) is 66.8 cm³/mol. The van der Waals surface area contributed by atoms with Crippen LogP contribution in [0, 0.1) is 5.92 Å². The van der Waals surface area contributed by atoms with E-state index in [0.29, 0.717) is 22.3 Å². The fourth-order valence-corrected chi connectivity index (χ4v) is 1.83. The minimum atomic E-state index is -2.52. The number of hydrogen-bond donors (Lipinski definition) is 1. The van der Waals surface area contributed by atoms with Gasteiger partial charge in [0.25, 0.3) is 5.76 Å². The lowest BCUT2D eigenvalue weighted by Gasteiger charge is -2.12. The minimum absolute atomic E-state index is 0.190. The molecule has 1 atom stereocenters. The van der Waals surface area contributed by atoms with Crippen molar-refractivity contribution >= 4 is 35.0 Å². The first-order valence-corrected chi connectivity index (χ1v) is 6.36. The Morgan fingerprint density at radius 2 is 2.12 bits per heavy atom. The molecule has 1 amide bonds. The lowest BCUT2D eigenvalue weighted by molar-refractivity contribution is -0.118. The molecule has 1 N–H and O–H groups in total. The molecule has 6 heteroatoms. The van der Waals surface area contributed by atoms with Crippen molar-refractivity contribution in [2.75, 3.05) is 11.2 Å². The maximum absolute atomic E-state index is 12.3. The predicted octanol–water partition coefficient (Wildman–Crippen LogP) is 3.81. The Bertz CT molecular complexity index is 389. The molecule has 0 heterocycles. The summed E-state index contributed by atoms with van der Waals surface area (Å²) in [5.41, 5.74) is 0.389. The number of para-hydroxylation sites is 1. The van der Waals surface area contributed by atoms with Crippen LogP contribution < -0.4 is 5.32 Å². The molecule has 1 aromatic carbocycles. The number of alkyl halides is 3. The van der Waals surface area contributed by atoms with Gasteiger partial charge < -0.3 is 5.32 Å². The third-order valence-electron chi connectivity index (χ3n) is 2.04. The van der Waals surface area contributed by atoms with E-state index in [2.05, 4.69) is 5.32 Å². The monoisotopic (exact) mass is 279 g/mol. The highest BCUT2D eigenvalue weighted by atomic mass is 35.5. The lowest BCUT2D eigenvalue weighted by Crippen LogP contribution is -2.21. The summed E-state index contributed by atoms with van der Waals surface area (Å²) in [6, 6.07) is 6.45. The molecule has 0 saturated heterocycles. The fraction of sp³-hybridized carbons (Fsp3) is 0.364. The summed E-state index contributed by atoms with van der Waals surface area (Å²) in [5.74, 6) is -2.96. The van der Waals surface area contributed by atoms with Crippen molar-refractivity contribution in [1.82, 2.24) is 0 Å². The molecule has 94 valence electrons. The number of thioether (sulfide) groups is 1. The maximum Gasteiger partial charge on any atom is 0.288 e. The summed E-state index contributed by atoms with van der Waals surface area (Å²) in [4.78, 5) is 11.9. The minimum Gasteiger partial charge on any atom is -0.325 e. The Hall–Kier alpha value is -0.810. The molecular weight excluding hydrogens is 268 g/mol. The number of carbonyl (C=O) groups excluding carboxylic acids is 1. The van der Waals surface area contributed by atoms with Gasteiger partial charge in [-0.3, -0.25) is 4.79 Å². The summed E-state index contributed by atoms with van der Waals surface area (Å²) in [7, 11) is 0. The van der Waals surface area contributed by atoms with Gasteiger partial charge >= 0.3 is 0 Å². The van der Waals surface area contributed by atoms with Crippen molar-refractivity contribution in [3.8, 4) is 0 Å². The number of carbonyl (C=O) groups is 1. The third kappa shape index (κ3) is 4.52. The Morgan fingerprint density at radius 1 is 1.47 bits per heavy atom. The van der Waals surface area contributed by atoms with E-state index in [1.165, 1.54) is 6.07 Å². The van der Waals surface area contributed by atoms with Crippen LogP contribution in [0.5, 0.6) is 0 Å². The number of rotatable bonds is 5. The Balaban J connectivity index is 2.79. The standard InChI is InChI=1S/C11H12ClF2NOS/c1-7(6-12)10(16)15-8-4-2-3-5-9(8)17-11(13)14/h2-5,7,11H,6H2,1H3,(H,15,16). The Morgan fingerprint density at radius 3 is 2.71 bits per heavy atom. The zero-order valence-electron chi connectivity index (χ0n) is 9.12. The summed E-state index contributed by atoms with van der Waals surface area (Å²) in [6.45, 7) is 1.67. The van der Waals surface area contributed by atoms with Crippen molar-refractivity contribution in [2.45, 2.75) is 17.6 Å². The summed E-state index contributed by atoms with van der Waals surface area (Å²) >= 11 is 5.96. The second kappa shape index (κ2) is 6.81. The van der Waals surface area contributed by atoms with Crippen LogP contribution in [-0.2, 0) is 4.79 Å². The molecule has 1 unspecified atom stereocenters. The number of nitrogens with one attached hydrogen (secondary N) is 1. The Labute approximate surface area is 108 Å². The molecule has 2 nitrogen and oxygen atoms in total. The molecule has 0 fully saturated rings. The SMILES string of the molecule is CC(CCl)C(=O)Nc1ccccc1SC(F)F. The molecule has 0 aromatic heterocycles. The number of halogens is 3. The van der Waals surface area contributed by atoms with Gasteiger partial charge in [0.1, 0.15) is 0 Å². The van der Waals surface area contributed by atoms with Crippen LogP contribution in [0.3, 0.4) is 0 Å². The van der Waals surface area contributed by atoms with E-state index in [0.717, 1.165) is 0 Å². The van der Waals surface area contributed by atoms with Gasteiger partial charge in [-0.15, -0.1) is 11.6 Å². The molecule has 0 aliphatic heterocycles. The largest absolute Gasteiger partial charge is 0.325 e. The van der Waals surface area contributed by atoms with E-state index in [-0.39, 0.29) is 17.7 Å². The Kier molecular flexibility index (Phi) is 5.71. The highest BCUT2D eigenvalue weighted by Gasteiger charge is 2.15. The van der Waals surface area contributed by atoms with Crippen molar-refractivity contribution < 1.29 is 13.6 Å². The first-order chi connectivity index (χ1) is 8.04. The first-order valence-electron chi connectivity index (χ1n) is 4.95. The van der Waals surface area contributed by atoms with E-state index in [1.807, 2.05) is 0 Å². The maximum atomic E-state index is 12.3. The molecule has 0 spiro atoms. The van der Waals surface area contributed by atoms with Crippen molar-refractivity contribution in [3.05, 3.63) is 24.3 Å². The molecule has 1 aromatic rings. The number of hydrogen-bond acceptors (Lipinski definition) is 2. The van der Waals surface area contributed by atoms with Gasteiger partial charge in [-0.25, -0.2) is 0 Å². The number of benzene rings is 1. The summed E-state index contributed by atoms with van der Waals surface area (Å²) in [5, 5.41) is 2.59. The van der Waals surface area contributed by atoms with Crippen LogP contribution in [0.1, 0.15) is 6.92 Å².